The number of nitrogens with zero attached hydrogens (tertiary/aromatic N) is 1. The zero-order chi connectivity index (χ0) is 14.1. The smallest absolute Gasteiger partial charge is 0.125 e. The molecule has 0 fully saturated rings. The van der Waals surface area contributed by atoms with Crippen LogP contribution in [0, 0.1) is 5.82 Å². The Kier molecular flexibility index (Phi) is 3.45. The molecular formula is C17H19FN2. The molecule has 2 aromatic rings. The molecule has 0 heterocycles. The summed E-state index contributed by atoms with van der Waals surface area (Å²) in [6.45, 7) is 2.92. The lowest BCUT2D eigenvalue weighted by Gasteiger charge is -2.31. The van der Waals surface area contributed by atoms with Crippen molar-refractivity contribution in [3.05, 3.63) is 65.5 Å². The standard InChI is InChI=1S/C17H19FN2/c1-2-20(13-7-5-6-12(18)10-13)17-11-16(19)14-8-3-4-9-15(14)17/h3-10,16-17H,2,11,19H2,1H3. The molecule has 1 aliphatic rings. The minimum absolute atomic E-state index is 0.0683. The molecule has 0 aliphatic heterocycles. The lowest BCUT2D eigenvalue weighted by Crippen LogP contribution is -2.27. The summed E-state index contributed by atoms with van der Waals surface area (Å²) in [7, 11) is 0. The van der Waals surface area contributed by atoms with Crippen molar-refractivity contribution in [3.63, 3.8) is 0 Å². The van der Waals surface area contributed by atoms with E-state index in [0.29, 0.717) is 0 Å². The molecule has 2 unspecified atom stereocenters. The Hall–Kier alpha value is -1.87. The predicted octanol–water partition coefficient (Wildman–Crippen LogP) is 3.80. The zero-order valence-electron chi connectivity index (χ0n) is 11.6. The van der Waals surface area contributed by atoms with Crippen molar-refractivity contribution in [2.45, 2.75) is 25.4 Å². The van der Waals surface area contributed by atoms with Gasteiger partial charge in [-0.05, 0) is 42.7 Å². The van der Waals surface area contributed by atoms with E-state index < -0.39 is 0 Å². The molecule has 104 valence electrons. The van der Waals surface area contributed by atoms with E-state index in [0.717, 1.165) is 18.7 Å². The van der Waals surface area contributed by atoms with Crippen LogP contribution in [0.4, 0.5) is 10.1 Å². The van der Waals surface area contributed by atoms with Gasteiger partial charge in [0, 0.05) is 18.3 Å². The summed E-state index contributed by atoms with van der Waals surface area (Å²) in [4.78, 5) is 2.23. The molecule has 0 aromatic heterocycles. The largest absolute Gasteiger partial charge is 0.365 e. The maximum atomic E-state index is 13.5. The number of anilines is 1. The predicted molar refractivity (Wildman–Crippen MR) is 80.1 cm³/mol. The third-order valence-corrected chi connectivity index (χ3v) is 4.09. The van der Waals surface area contributed by atoms with E-state index >= 15 is 0 Å². The fraction of sp³-hybridized carbons (Fsp3) is 0.294. The van der Waals surface area contributed by atoms with Crippen LogP contribution in [0.15, 0.2) is 48.5 Å². The van der Waals surface area contributed by atoms with Gasteiger partial charge in [0.15, 0.2) is 0 Å². The molecule has 0 saturated carbocycles. The number of hydrogen-bond acceptors (Lipinski definition) is 2. The number of hydrogen-bond donors (Lipinski definition) is 1. The van der Waals surface area contributed by atoms with E-state index in [2.05, 4.69) is 24.0 Å². The first-order valence-corrected chi connectivity index (χ1v) is 7.07. The van der Waals surface area contributed by atoms with Crippen LogP contribution in [-0.4, -0.2) is 6.54 Å². The lowest BCUT2D eigenvalue weighted by molar-refractivity contribution is 0.570. The molecule has 0 saturated heterocycles. The first-order valence-electron chi connectivity index (χ1n) is 7.07. The maximum absolute atomic E-state index is 13.5. The second kappa shape index (κ2) is 5.25. The van der Waals surface area contributed by atoms with Gasteiger partial charge in [-0.15, -0.1) is 0 Å². The number of halogens is 1. The molecule has 2 atom stereocenters. The van der Waals surface area contributed by atoms with E-state index in [9.17, 15) is 4.39 Å². The molecule has 2 nitrogen and oxygen atoms in total. The molecule has 0 bridgehead atoms. The van der Waals surface area contributed by atoms with E-state index in [1.165, 1.54) is 17.2 Å². The second-order valence-electron chi connectivity index (χ2n) is 5.25. The van der Waals surface area contributed by atoms with Crippen molar-refractivity contribution >= 4 is 5.69 Å². The van der Waals surface area contributed by atoms with Crippen molar-refractivity contribution in [2.24, 2.45) is 5.73 Å². The Labute approximate surface area is 119 Å². The Bertz CT molecular complexity index is 611. The highest BCUT2D eigenvalue weighted by Gasteiger charge is 2.32. The summed E-state index contributed by atoms with van der Waals surface area (Å²) in [5, 5.41) is 0. The minimum Gasteiger partial charge on any atom is -0.365 e. The topological polar surface area (TPSA) is 29.3 Å². The molecule has 3 rings (SSSR count). The van der Waals surface area contributed by atoms with Crippen LogP contribution in [0.3, 0.4) is 0 Å². The normalized spacial score (nSPS) is 20.8. The Morgan fingerprint density at radius 2 is 1.90 bits per heavy atom. The van der Waals surface area contributed by atoms with Gasteiger partial charge in [0.2, 0.25) is 0 Å². The highest BCUT2D eigenvalue weighted by molar-refractivity contribution is 5.52. The van der Waals surface area contributed by atoms with Gasteiger partial charge in [-0.25, -0.2) is 4.39 Å². The van der Waals surface area contributed by atoms with Gasteiger partial charge in [0.1, 0.15) is 5.82 Å². The molecule has 1 aliphatic carbocycles. The average Bonchev–Trinajstić information content (AvgIpc) is 2.78. The van der Waals surface area contributed by atoms with Gasteiger partial charge in [-0.1, -0.05) is 30.3 Å². The third-order valence-electron chi connectivity index (χ3n) is 4.09. The average molecular weight is 270 g/mol. The highest BCUT2D eigenvalue weighted by Crippen LogP contribution is 2.42. The summed E-state index contributed by atoms with van der Waals surface area (Å²) >= 11 is 0. The monoisotopic (exact) mass is 270 g/mol. The first-order chi connectivity index (χ1) is 9.70. The van der Waals surface area contributed by atoms with Crippen LogP contribution in [0.25, 0.3) is 0 Å². The van der Waals surface area contributed by atoms with Gasteiger partial charge in [-0.2, -0.15) is 0 Å². The zero-order valence-corrected chi connectivity index (χ0v) is 11.6. The SMILES string of the molecule is CCN(c1cccc(F)c1)C1CC(N)c2ccccc21. The van der Waals surface area contributed by atoms with Crippen LogP contribution in [0.2, 0.25) is 0 Å². The van der Waals surface area contributed by atoms with Crippen molar-refractivity contribution < 1.29 is 4.39 Å². The van der Waals surface area contributed by atoms with Crippen molar-refractivity contribution in [1.82, 2.24) is 0 Å². The van der Waals surface area contributed by atoms with E-state index in [1.54, 1.807) is 12.1 Å². The van der Waals surface area contributed by atoms with Crippen molar-refractivity contribution in [2.75, 3.05) is 11.4 Å². The molecule has 0 spiro atoms. The highest BCUT2D eigenvalue weighted by atomic mass is 19.1. The van der Waals surface area contributed by atoms with Gasteiger partial charge in [0.25, 0.3) is 0 Å². The summed E-state index contributed by atoms with van der Waals surface area (Å²) < 4.78 is 13.5. The summed E-state index contributed by atoms with van der Waals surface area (Å²) in [5.41, 5.74) is 9.64. The van der Waals surface area contributed by atoms with Crippen LogP contribution >= 0.6 is 0 Å². The number of benzene rings is 2. The van der Waals surface area contributed by atoms with Crippen molar-refractivity contribution in [1.29, 1.82) is 0 Å². The molecule has 0 amide bonds. The Balaban J connectivity index is 1.99. The number of rotatable bonds is 3. The van der Waals surface area contributed by atoms with Gasteiger partial charge in [-0.3, -0.25) is 0 Å². The second-order valence-corrected chi connectivity index (χ2v) is 5.25. The molecular weight excluding hydrogens is 251 g/mol. The fourth-order valence-electron chi connectivity index (χ4n) is 3.18. The van der Waals surface area contributed by atoms with Crippen LogP contribution in [-0.2, 0) is 0 Å². The van der Waals surface area contributed by atoms with Crippen LogP contribution < -0.4 is 10.6 Å². The number of nitrogens with two attached hydrogens (primary N) is 1. The summed E-state index contributed by atoms with van der Waals surface area (Å²) in [6.07, 6.45) is 0.879. The van der Waals surface area contributed by atoms with Crippen LogP contribution in [0.1, 0.15) is 36.6 Å². The van der Waals surface area contributed by atoms with Gasteiger partial charge >= 0.3 is 0 Å². The summed E-state index contributed by atoms with van der Waals surface area (Å²) in [6, 6.07) is 15.4. The molecule has 2 N–H and O–H groups in total. The molecule has 20 heavy (non-hydrogen) atoms. The Morgan fingerprint density at radius 3 is 2.60 bits per heavy atom. The van der Waals surface area contributed by atoms with E-state index in [-0.39, 0.29) is 17.9 Å². The Morgan fingerprint density at radius 1 is 1.15 bits per heavy atom. The first kappa shape index (κ1) is 13.1. The number of fused-ring (bicyclic) bond motifs is 1. The van der Waals surface area contributed by atoms with Gasteiger partial charge in [0.05, 0.1) is 6.04 Å². The fourth-order valence-corrected chi connectivity index (χ4v) is 3.18. The van der Waals surface area contributed by atoms with Crippen molar-refractivity contribution in [3.8, 4) is 0 Å². The van der Waals surface area contributed by atoms with E-state index in [1.807, 2.05) is 18.2 Å². The quantitative estimate of drug-likeness (QED) is 0.919. The van der Waals surface area contributed by atoms with Gasteiger partial charge < -0.3 is 10.6 Å². The molecule has 2 aromatic carbocycles. The third kappa shape index (κ3) is 2.18. The van der Waals surface area contributed by atoms with E-state index in [4.69, 9.17) is 5.73 Å². The maximum Gasteiger partial charge on any atom is 0.125 e. The molecule has 3 heteroatoms. The molecule has 0 radical (unpaired) electrons. The minimum atomic E-state index is -0.198. The lowest BCUT2D eigenvalue weighted by atomic mass is 10.1. The van der Waals surface area contributed by atoms with Crippen LogP contribution in [0.5, 0.6) is 0 Å². The summed E-state index contributed by atoms with van der Waals surface area (Å²) in [5.74, 6) is -0.198.